The number of Topliss-reactive ketones (excluding diaryl/α,β-unsaturated/α-hetero) is 1. The quantitative estimate of drug-likeness (QED) is 0.685. The Bertz CT molecular complexity index is 549. The van der Waals surface area contributed by atoms with Gasteiger partial charge in [-0.25, -0.2) is 0 Å². The predicted octanol–water partition coefficient (Wildman–Crippen LogP) is 2.36. The highest BCUT2D eigenvalue weighted by atomic mass is 79.9. The number of hydrogen-bond acceptors (Lipinski definition) is 4. The van der Waals surface area contributed by atoms with Crippen LogP contribution >= 0.6 is 15.9 Å². The molecule has 0 aromatic carbocycles. The molecule has 1 N–H and O–H groups in total. The Morgan fingerprint density at radius 1 is 1.56 bits per heavy atom. The topological polar surface area (TPSA) is 85.2 Å². The highest BCUT2D eigenvalue weighted by Crippen LogP contribution is 2.39. The smallest absolute Gasteiger partial charge is 0.366 e. The second kappa shape index (κ2) is 4.56. The molecule has 0 fully saturated rings. The number of ether oxygens (including phenoxy) is 1. The van der Waals surface area contributed by atoms with E-state index in [1.807, 2.05) is 0 Å². The Hall–Kier alpha value is -1.63. The van der Waals surface area contributed by atoms with Crippen LogP contribution in [0.1, 0.15) is 25.5 Å². The van der Waals surface area contributed by atoms with Crippen molar-refractivity contribution in [3.63, 3.8) is 0 Å². The number of halogens is 1. The van der Waals surface area contributed by atoms with Crippen LogP contribution in [0.25, 0.3) is 0 Å². The van der Waals surface area contributed by atoms with E-state index in [-0.39, 0.29) is 5.78 Å². The first-order valence-electron chi connectivity index (χ1n) is 5.28. The van der Waals surface area contributed by atoms with Crippen LogP contribution in [0.5, 0.6) is 0 Å². The van der Waals surface area contributed by atoms with E-state index >= 15 is 0 Å². The van der Waals surface area contributed by atoms with E-state index in [1.165, 1.54) is 6.92 Å². The minimum atomic E-state index is -1.26. The molecule has 96 valence electrons. The molecular formula is C11H11BrN2O4. The van der Waals surface area contributed by atoms with E-state index in [9.17, 15) is 14.9 Å². The van der Waals surface area contributed by atoms with Crippen LogP contribution in [-0.2, 0) is 9.53 Å². The Labute approximate surface area is 111 Å². The maximum atomic E-state index is 11.6. The molecule has 0 amide bonds. The number of carbonyl (C=O) groups is 1. The number of aromatic nitrogens is 1. The van der Waals surface area contributed by atoms with Crippen molar-refractivity contribution in [2.24, 2.45) is 0 Å². The van der Waals surface area contributed by atoms with E-state index in [0.29, 0.717) is 21.6 Å². The Morgan fingerprint density at radius 3 is 2.67 bits per heavy atom. The summed E-state index contributed by atoms with van der Waals surface area (Å²) in [6.45, 7) is 2.96. The third kappa shape index (κ3) is 2.05. The van der Waals surface area contributed by atoms with Gasteiger partial charge in [-0.15, -0.1) is 0 Å². The standard InChI is InChI=1S/C11H11BrN2O4/c1-5(15)9-6(2)18-11(14(16)17)10(9)7-3-4-8(12)13-7/h3-4,10-11,13H,1-2H3. The molecule has 1 aromatic heterocycles. The van der Waals surface area contributed by atoms with Gasteiger partial charge in [0.1, 0.15) is 11.7 Å². The maximum Gasteiger partial charge on any atom is 0.366 e. The van der Waals surface area contributed by atoms with Gasteiger partial charge >= 0.3 is 6.23 Å². The van der Waals surface area contributed by atoms with Crippen LogP contribution in [0.3, 0.4) is 0 Å². The van der Waals surface area contributed by atoms with Gasteiger partial charge < -0.3 is 9.72 Å². The molecule has 0 spiro atoms. The molecule has 2 atom stereocenters. The highest BCUT2D eigenvalue weighted by molar-refractivity contribution is 9.10. The fourth-order valence-electron chi connectivity index (χ4n) is 2.18. The summed E-state index contributed by atoms with van der Waals surface area (Å²) >= 11 is 3.24. The third-order valence-electron chi connectivity index (χ3n) is 2.87. The van der Waals surface area contributed by atoms with Crippen LogP contribution < -0.4 is 0 Å². The van der Waals surface area contributed by atoms with Crippen LogP contribution in [-0.4, -0.2) is 21.9 Å². The molecule has 2 unspecified atom stereocenters. The lowest BCUT2D eigenvalue weighted by Gasteiger charge is -2.12. The molecule has 1 aliphatic rings. The first-order valence-corrected chi connectivity index (χ1v) is 6.07. The highest BCUT2D eigenvalue weighted by Gasteiger charge is 2.46. The van der Waals surface area contributed by atoms with Crippen LogP contribution in [0.4, 0.5) is 0 Å². The van der Waals surface area contributed by atoms with Crippen LogP contribution in [0.2, 0.25) is 0 Å². The summed E-state index contributed by atoms with van der Waals surface area (Å²) in [6, 6.07) is 3.44. The molecule has 2 heterocycles. The lowest BCUT2D eigenvalue weighted by atomic mass is 9.92. The van der Waals surface area contributed by atoms with Crippen molar-refractivity contribution in [1.29, 1.82) is 0 Å². The minimum Gasteiger partial charge on any atom is -0.434 e. The van der Waals surface area contributed by atoms with Crippen molar-refractivity contribution in [3.05, 3.63) is 43.9 Å². The average molecular weight is 315 g/mol. The molecule has 1 aromatic rings. The van der Waals surface area contributed by atoms with Gasteiger partial charge in [0.15, 0.2) is 5.78 Å². The van der Waals surface area contributed by atoms with Crippen molar-refractivity contribution >= 4 is 21.7 Å². The van der Waals surface area contributed by atoms with E-state index in [1.54, 1.807) is 19.1 Å². The summed E-state index contributed by atoms with van der Waals surface area (Å²) in [7, 11) is 0. The second-order valence-corrected chi connectivity index (χ2v) is 4.91. The zero-order chi connectivity index (χ0) is 13.4. The number of nitro groups is 1. The number of ketones is 1. The lowest BCUT2D eigenvalue weighted by Crippen LogP contribution is -2.27. The van der Waals surface area contributed by atoms with Gasteiger partial charge in [-0.3, -0.25) is 14.9 Å². The fourth-order valence-corrected chi connectivity index (χ4v) is 2.54. The zero-order valence-corrected chi connectivity index (χ0v) is 11.4. The summed E-state index contributed by atoms with van der Waals surface area (Å²) in [5.74, 6) is -0.587. The summed E-state index contributed by atoms with van der Waals surface area (Å²) < 4.78 is 5.90. The molecular weight excluding hydrogens is 304 g/mol. The predicted molar refractivity (Wildman–Crippen MR) is 66.5 cm³/mol. The summed E-state index contributed by atoms with van der Waals surface area (Å²) in [4.78, 5) is 25.1. The first kappa shape index (κ1) is 12.8. The molecule has 0 saturated carbocycles. The van der Waals surface area contributed by atoms with Crippen molar-refractivity contribution in [3.8, 4) is 0 Å². The minimum absolute atomic E-state index is 0.215. The van der Waals surface area contributed by atoms with Gasteiger partial charge in [-0.1, -0.05) is 0 Å². The molecule has 6 nitrogen and oxygen atoms in total. The number of nitrogens with one attached hydrogen (secondary N) is 1. The number of aromatic amines is 1. The summed E-state index contributed by atoms with van der Waals surface area (Å²) in [5.41, 5.74) is 0.941. The molecule has 0 aliphatic carbocycles. The molecule has 7 heteroatoms. The number of hydrogen-bond donors (Lipinski definition) is 1. The van der Waals surface area contributed by atoms with E-state index in [0.717, 1.165) is 0 Å². The third-order valence-corrected chi connectivity index (χ3v) is 3.33. The first-order chi connectivity index (χ1) is 8.41. The van der Waals surface area contributed by atoms with Gasteiger partial charge in [0.25, 0.3) is 0 Å². The van der Waals surface area contributed by atoms with Crippen molar-refractivity contribution in [2.45, 2.75) is 26.0 Å². The summed E-state index contributed by atoms with van der Waals surface area (Å²) in [6.07, 6.45) is -1.26. The monoisotopic (exact) mass is 314 g/mol. The van der Waals surface area contributed by atoms with Crippen LogP contribution in [0, 0.1) is 10.1 Å². The van der Waals surface area contributed by atoms with Crippen molar-refractivity contribution < 1.29 is 14.5 Å². The van der Waals surface area contributed by atoms with E-state index in [4.69, 9.17) is 4.74 Å². The van der Waals surface area contributed by atoms with Crippen LogP contribution in [0.15, 0.2) is 28.1 Å². The molecule has 18 heavy (non-hydrogen) atoms. The lowest BCUT2D eigenvalue weighted by molar-refractivity contribution is -0.570. The number of rotatable bonds is 3. The molecule has 0 bridgehead atoms. The normalized spacial score (nSPS) is 23.1. The van der Waals surface area contributed by atoms with Gasteiger partial charge in [0.2, 0.25) is 0 Å². The average Bonchev–Trinajstić information content (AvgIpc) is 2.81. The van der Waals surface area contributed by atoms with E-state index in [2.05, 4.69) is 20.9 Å². The number of allylic oxidation sites excluding steroid dienone is 1. The number of nitrogens with zero attached hydrogens (tertiary/aromatic N) is 1. The molecule has 0 radical (unpaired) electrons. The number of H-pyrrole nitrogens is 1. The molecule has 2 rings (SSSR count). The zero-order valence-electron chi connectivity index (χ0n) is 9.77. The van der Waals surface area contributed by atoms with Gasteiger partial charge in [0, 0.05) is 5.69 Å². The van der Waals surface area contributed by atoms with Gasteiger partial charge in [-0.05, 0) is 41.9 Å². The van der Waals surface area contributed by atoms with Gasteiger partial charge in [0.05, 0.1) is 15.1 Å². The Balaban J connectivity index is 2.49. The molecule has 0 saturated heterocycles. The fraction of sp³-hybridized carbons (Fsp3) is 0.364. The summed E-state index contributed by atoms with van der Waals surface area (Å²) in [5, 5.41) is 11.0. The second-order valence-electron chi connectivity index (χ2n) is 4.06. The largest absolute Gasteiger partial charge is 0.434 e. The van der Waals surface area contributed by atoms with E-state index < -0.39 is 17.1 Å². The Morgan fingerprint density at radius 2 is 2.22 bits per heavy atom. The SMILES string of the molecule is CC(=O)C1=C(C)OC([N+](=O)[O-])C1c1ccc(Br)[nH]1. The number of carbonyl (C=O) groups excluding carboxylic acids is 1. The maximum absolute atomic E-state index is 11.6. The van der Waals surface area contributed by atoms with Crippen molar-refractivity contribution in [2.75, 3.05) is 0 Å². The molecule has 1 aliphatic heterocycles. The van der Waals surface area contributed by atoms with Gasteiger partial charge in [-0.2, -0.15) is 0 Å². The van der Waals surface area contributed by atoms with Crippen molar-refractivity contribution in [1.82, 2.24) is 4.98 Å². The Kier molecular flexibility index (Phi) is 3.25.